The van der Waals surface area contributed by atoms with E-state index in [1.165, 1.54) is 16.0 Å². The first-order valence-electron chi connectivity index (χ1n) is 6.57. The van der Waals surface area contributed by atoms with Gasteiger partial charge in [0.2, 0.25) is 0 Å². The number of hydrogen-bond donors (Lipinski definition) is 2. The average Bonchev–Trinajstić information content (AvgIpc) is 2.27. The van der Waals surface area contributed by atoms with Gasteiger partial charge in [-0.1, -0.05) is 26.8 Å². The van der Waals surface area contributed by atoms with E-state index < -0.39 is 0 Å². The molecule has 102 valence electrons. The molecule has 0 amide bonds. The molecule has 3 heteroatoms. The Morgan fingerprint density at radius 2 is 1.89 bits per heavy atom. The van der Waals surface area contributed by atoms with Gasteiger partial charge in [0.25, 0.3) is 0 Å². The quantitative estimate of drug-likeness (QED) is 0.775. The molecule has 18 heavy (non-hydrogen) atoms. The molecule has 0 radical (unpaired) electrons. The van der Waals surface area contributed by atoms with Crippen molar-refractivity contribution in [3.63, 3.8) is 0 Å². The van der Waals surface area contributed by atoms with E-state index in [1.807, 2.05) is 6.92 Å². The normalized spacial score (nSPS) is 14.8. The molecule has 0 fully saturated rings. The summed E-state index contributed by atoms with van der Waals surface area (Å²) in [5.74, 6) is 0. The lowest BCUT2D eigenvalue weighted by Crippen LogP contribution is -2.22. The molecule has 1 rings (SSSR count). The van der Waals surface area contributed by atoms with E-state index in [4.69, 9.17) is 0 Å². The smallest absolute Gasteiger partial charge is 0.0631 e. The lowest BCUT2D eigenvalue weighted by Gasteiger charge is -2.16. The third kappa shape index (κ3) is 5.01. The number of aliphatic hydroxyl groups excluding tert-OH is 1. The fourth-order valence-corrected chi connectivity index (χ4v) is 2.58. The minimum Gasteiger partial charge on any atom is -0.392 e. The second-order valence-electron chi connectivity index (χ2n) is 5.19. The molecule has 1 aromatic carbocycles. The summed E-state index contributed by atoms with van der Waals surface area (Å²) in [6, 6.07) is 7.05. The molecule has 0 saturated heterocycles. The summed E-state index contributed by atoms with van der Waals surface area (Å²) in [5.41, 5.74) is 2.66. The highest BCUT2D eigenvalue weighted by Crippen LogP contribution is 2.27. The average molecular weight is 267 g/mol. The highest BCUT2D eigenvalue weighted by molar-refractivity contribution is 8.00. The Kier molecular flexibility index (Phi) is 6.19. The Morgan fingerprint density at radius 1 is 1.22 bits per heavy atom. The summed E-state index contributed by atoms with van der Waals surface area (Å²) in [7, 11) is 0. The standard InChI is InChI=1S/C15H25NOS/c1-10(2)16-9-14-6-7-15(8-11(14)3)18-13(5)12(4)17/h6-8,10,12-13,16-17H,9H2,1-5H3. The van der Waals surface area contributed by atoms with Crippen molar-refractivity contribution in [3.05, 3.63) is 29.3 Å². The van der Waals surface area contributed by atoms with Crippen molar-refractivity contribution in [1.82, 2.24) is 5.32 Å². The zero-order chi connectivity index (χ0) is 13.7. The molecule has 2 N–H and O–H groups in total. The van der Waals surface area contributed by atoms with Crippen LogP contribution < -0.4 is 5.32 Å². The minimum absolute atomic E-state index is 0.226. The number of benzene rings is 1. The monoisotopic (exact) mass is 267 g/mol. The Hall–Kier alpha value is -0.510. The van der Waals surface area contributed by atoms with Gasteiger partial charge in [0.1, 0.15) is 0 Å². The maximum Gasteiger partial charge on any atom is 0.0631 e. The molecule has 0 spiro atoms. The molecular weight excluding hydrogens is 242 g/mol. The third-order valence-corrected chi connectivity index (χ3v) is 4.31. The molecule has 0 aromatic heterocycles. The highest BCUT2D eigenvalue weighted by Gasteiger charge is 2.11. The van der Waals surface area contributed by atoms with Gasteiger partial charge >= 0.3 is 0 Å². The second kappa shape index (κ2) is 7.17. The van der Waals surface area contributed by atoms with Crippen molar-refractivity contribution >= 4 is 11.8 Å². The minimum atomic E-state index is -0.280. The summed E-state index contributed by atoms with van der Waals surface area (Å²) in [5, 5.41) is 13.2. The van der Waals surface area contributed by atoms with Crippen LogP contribution in [0.1, 0.15) is 38.8 Å². The molecule has 2 unspecified atom stereocenters. The summed E-state index contributed by atoms with van der Waals surface area (Å²) in [6.45, 7) is 11.3. The first-order chi connectivity index (χ1) is 8.40. The SMILES string of the molecule is Cc1cc(SC(C)C(C)O)ccc1CNC(C)C. The summed E-state index contributed by atoms with van der Waals surface area (Å²) in [6.07, 6.45) is -0.280. The van der Waals surface area contributed by atoms with Crippen LogP contribution in [0.3, 0.4) is 0 Å². The first-order valence-corrected chi connectivity index (χ1v) is 7.45. The van der Waals surface area contributed by atoms with Crippen LogP contribution >= 0.6 is 11.8 Å². The Morgan fingerprint density at radius 3 is 2.39 bits per heavy atom. The predicted octanol–water partition coefficient (Wildman–Crippen LogP) is 3.35. The van der Waals surface area contributed by atoms with Crippen LogP contribution in [0.2, 0.25) is 0 Å². The molecule has 0 heterocycles. The molecule has 0 aliphatic heterocycles. The van der Waals surface area contributed by atoms with Crippen LogP contribution in [0.5, 0.6) is 0 Å². The number of rotatable bonds is 6. The topological polar surface area (TPSA) is 32.3 Å². The zero-order valence-corrected chi connectivity index (χ0v) is 12.8. The molecule has 0 bridgehead atoms. The molecule has 0 aliphatic carbocycles. The highest BCUT2D eigenvalue weighted by atomic mass is 32.2. The lowest BCUT2D eigenvalue weighted by atomic mass is 10.1. The lowest BCUT2D eigenvalue weighted by molar-refractivity contribution is 0.196. The Balaban J connectivity index is 2.67. The van der Waals surface area contributed by atoms with Crippen LogP contribution in [0, 0.1) is 6.92 Å². The van der Waals surface area contributed by atoms with Gasteiger partial charge in [-0.3, -0.25) is 0 Å². The van der Waals surface area contributed by atoms with Gasteiger partial charge in [-0.2, -0.15) is 0 Å². The second-order valence-corrected chi connectivity index (χ2v) is 6.64. The number of aliphatic hydroxyl groups is 1. The van der Waals surface area contributed by atoms with Gasteiger partial charge < -0.3 is 10.4 Å². The third-order valence-electron chi connectivity index (χ3n) is 3.02. The predicted molar refractivity (Wildman–Crippen MR) is 80.2 cm³/mol. The van der Waals surface area contributed by atoms with E-state index in [0.29, 0.717) is 6.04 Å². The van der Waals surface area contributed by atoms with Gasteiger partial charge in [-0.15, -0.1) is 11.8 Å². The van der Waals surface area contributed by atoms with Gasteiger partial charge in [-0.05, 0) is 37.1 Å². The van der Waals surface area contributed by atoms with Gasteiger partial charge in [-0.25, -0.2) is 0 Å². The van der Waals surface area contributed by atoms with Crippen molar-refractivity contribution in [1.29, 1.82) is 0 Å². The molecule has 2 atom stereocenters. The van der Waals surface area contributed by atoms with E-state index in [0.717, 1.165) is 6.54 Å². The van der Waals surface area contributed by atoms with Crippen LogP contribution in [-0.2, 0) is 6.54 Å². The Bertz CT molecular complexity index is 377. The van der Waals surface area contributed by atoms with Crippen molar-refractivity contribution in [3.8, 4) is 0 Å². The molecule has 1 aromatic rings. The summed E-state index contributed by atoms with van der Waals surface area (Å²) < 4.78 is 0. The van der Waals surface area contributed by atoms with Crippen molar-refractivity contribution in [2.24, 2.45) is 0 Å². The fourth-order valence-electron chi connectivity index (χ4n) is 1.57. The zero-order valence-electron chi connectivity index (χ0n) is 12.0. The maximum absolute atomic E-state index is 9.52. The van der Waals surface area contributed by atoms with Gasteiger partial charge in [0, 0.05) is 22.7 Å². The van der Waals surface area contributed by atoms with E-state index in [1.54, 1.807) is 11.8 Å². The number of hydrogen-bond acceptors (Lipinski definition) is 3. The number of nitrogens with one attached hydrogen (secondary N) is 1. The summed E-state index contributed by atoms with van der Waals surface area (Å²) >= 11 is 1.73. The maximum atomic E-state index is 9.52. The molecular formula is C15H25NOS. The van der Waals surface area contributed by atoms with Crippen molar-refractivity contribution < 1.29 is 5.11 Å². The van der Waals surface area contributed by atoms with Crippen molar-refractivity contribution in [2.45, 2.75) is 63.5 Å². The van der Waals surface area contributed by atoms with E-state index in [9.17, 15) is 5.11 Å². The van der Waals surface area contributed by atoms with Crippen LogP contribution in [-0.4, -0.2) is 22.5 Å². The van der Waals surface area contributed by atoms with E-state index in [-0.39, 0.29) is 11.4 Å². The van der Waals surface area contributed by atoms with Crippen LogP contribution in [0.25, 0.3) is 0 Å². The largest absolute Gasteiger partial charge is 0.392 e. The van der Waals surface area contributed by atoms with Crippen molar-refractivity contribution in [2.75, 3.05) is 0 Å². The van der Waals surface area contributed by atoms with Gasteiger partial charge in [0.15, 0.2) is 0 Å². The van der Waals surface area contributed by atoms with Crippen LogP contribution in [0.15, 0.2) is 23.1 Å². The Labute approximate surface area is 115 Å². The number of aryl methyl sites for hydroxylation is 1. The van der Waals surface area contributed by atoms with E-state index in [2.05, 4.69) is 51.2 Å². The van der Waals surface area contributed by atoms with E-state index >= 15 is 0 Å². The molecule has 0 saturated carbocycles. The first kappa shape index (κ1) is 15.5. The molecule has 0 aliphatic rings. The fraction of sp³-hybridized carbons (Fsp3) is 0.600. The summed E-state index contributed by atoms with van der Waals surface area (Å²) in [4.78, 5) is 1.23. The molecule has 2 nitrogen and oxygen atoms in total. The van der Waals surface area contributed by atoms with Gasteiger partial charge in [0.05, 0.1) is 6.10 Å². The van der Waals surface area contributed by atoms with Crippen LogP contribution in [0.4, 0.5) is 0 Å². The number of thioether (sulfide) groups is 1.